The summed E-state index contributed by atoms with van der Waals surface area (Å²) in [4.78, 5) is 0. The highest BCUT2D eigenvalue weighted by atomic mass is 32.2. The molecule has 3 heteroatoms. The Hall–Kier alpha value is -0.670. The molecule has 2 rings (SSSR count). The van der Waals surface area contributed by atoms with Gasteiger partial charge in [-0.05, 0) is 43.5 Å². The summed E-state index contributed by atoms with van der Waals surface area (Å²) in [7, 11) is 0. The van der Waals surface area contributed by atoms with Gasteiger partial charge in [-0.15, -0.1) is 0 Å². The molecule has 1 aliphatic heterocycles. The maximum atomic E-state index is 5.85. The van der Waals surface area contributed by atoms with Crippen molar-refractivity contribution in [2.45, 2.75) is 25.4 Å². The number of hydrogen-bond acceptors (Lipinski definition) is 3. The van der Waals surface area contributed by atoms with Crippen LogP contribution in [0.2, 0.25) is 0 Å². The second-order valence-corrected chi connectivity index (χ2v) is 5.25. The normalized spacial score (nSPS) is 15.8. The zero-order valence-electron chi connectivity index (χ0n) is 9.52. The third-order valence-electron chi connectivity index (χ3n) is 2.73. The monoisotopic (exact) mass is 237 g/mol. The van der Waals surface area contributed by atoms with E-state index in [0.29, 0.717) is 6.10 Å². The summed E-state index contributed by atoms with van der Waals surface area (Å²) in [6, 6.07) is 8.47. The van der Waals surface area contributed by atoms with Crippen LogP contribution >= 0.6 is 11.8 Å². The van der Waals surface area contributed by atoms with E-state index in [4.69, 9.17) is 10.5 Å². The SMILES string of the molecule is NCCCCc1cccc(OC2CSC2)c1. The topological polar surface area (TPSA) is 35.2 Å². The summed E-state index contributed by atoms with van der Waals surface area (Å²) in [6.07, 6.45) is 3.81. The van der Waals surface area contributed by atoms with Crippen molar-refractivity contribution in [3.05, 3.63) is 29.8 Å². The largest absolute Gasteiger partial charge is 0.489 e. The van der Waals surface area contributed by atoms with Crippen LogP contribution in [-0.4, -0.2) is 24.2 Å². The first kappa shape index (κ1) is 11.8. The van der Waals surface area contributed by atoms with Crippen LogP contribution in [0.5, 0.6) is 5.75 Å². The summed E-state index contributed by atoms with van der Waals surface area (Å²) in [5.41, 5.74) is 6.85. The lowest BCUT2D eigenvalue weighted by Gasteiger charge is -2.26. The van der Waals surface area contributed by atoms with Gasteiger partial charge in [0.15, 0.2) is 0 Å². The second kappa shape index (κ2) is 6.16. The molecule has 0 bridgehead atoms. The minimum absolute atomic E-state index is 0.435. The molecule has 88 valence electrons. The van der Waals surface area contributed by atoms with Crippen LogP contribution in [-0.2, 0) is 6.42 Å². The number of rotatable bonds is 6. The summed E-state index contributed by atoms with van der Waals surface area (Å²) in [5.74, 6) is 3.30. The van der Waals surface area contributed by atoms with Crippen molar-refractivity contribution in [3.8, 4) is 5.75 Å². The molecule has 1 aliphatic rings. The predicted molar refractivity (Wildman–Crippen MR) is 70.2 cm³/mol. The van der Waals surface area contributed by atoms with Gasteiger partial charge in [0.1, 0.15) is 11.9 Å². The van der Waals surface area contributed by atoms with Gasteiger partial charge in [-0.25, -0.2) is 0 Å². The van der Waals surface area contributed by atoms with Crippen molar-refractivity contribution in [2.24, 2.45) is 5.73 Å². The van der Waals surface area contributed by atoms with Gasteiger partial charge in [-0.2, -0.15) is 11.8 Å². The van der Waals surface area contributed by atoms with Gasteiger partial charge in [0, 0.05) is 11.5 Å². The summed E-state index contributed by atoms with van der Waals surface area (Å²) in [5, 5.41) is 0. The van der Waals surface area contributed by atoms with Crippen LogP contribution in [0.4, 0.5) is 0 Å². The van der Waals surface area contributed by atoms with Crippen molar-refractivity contribution in [3.63, 3.8) is 0 Å². The number of unbranched alkanes of at least 4 members (excludes halogenated alkanes) is 1. The minimum Gasteiger partial charge on any atom is -0.489 e. The predicted octanol–water partition coefficient (Wildman–Crippen LogP) is 2.46. The first-order chi connectivity index (χ1) is 7.88. The van der Waals surface area contributed by atoms with E-state index in [1.54, 1.807) is 0 Å². The van der Waals surface area contributed by atoms with Gasteiger partial charge in [-0.3, -0.25) is 0 Å². The number of hydrogen-bond donors (Lipinski definition) is 1. The van der Waals surface area contributed by atoms with E-state index in [-0.39, 0.29) is 0 Å². The molecule has 1 saturated heterocycles. The fourth-order valence-corrected chi connectivity index (χ4v) is 2.29. The summed E-state index contributed by atoms with van der Waals surface area (Å²) >= 11 is 1.95. The number of ether oxygens (including phenoxy) is 1. The quantitative estimate of drug-likeness (QED) is 0.772. The van der Waals surface area contributed by atoms with Crippen molar-refractivity contribution < 1.29 is 4.74 Å². The lowest BCUT2D eigenvalue weighted by Crippen LogP contribution is -2.31. The molecule has 0 amide bonds. The zero-order valence-corrected chi connectivity index (χ0v) is 10.3. The molecule has 0 aromatic heterocycles. The maximum absolute atomic E-state index is 5.85. The Kier molecular flexibility index (Phi) is 4.55. The fourth-order valence-electron chi connectivity index (χ4n) is 1.72. The number of nitrogens with two attached hydrogens (primary N) is 1. The van der Waals surface area contributed by atoms with Crippen LogP contribution in [0.3, 0.4) is 0 Å². The third-order valence-corrected chi connectivity index (χ3v) is 3.94. The molecule has 2 nitrogen and oxygen atoms in total. The average Bonchev–Trinajstić information content (AvgIpc) is 2.25. The lowest BCUT2D eigenvalue weighted by atomic mass is 10.1. The van der Waals surface area contributed by atoms with E-state index in [9.17, 15) is 0 Å². The van der Waals surface area contributed by atoms with Gasteiger partial charge in [0.2, 0.25) is 0 Å². The Morgan fingerprint density at radius 1 is 1.31 bits per heavy atom. The Labute approximate surface area is 102 Å². The Balaban J connectivity index is 1.85. The molecule has 0 atom stereocenters. The Bertz CT molecular complexity index is 325. The van der Waals surface area contributed by atoms with Gasteiger partial charge in [0.05, 0.1) is 0 Å². The third kappa shape index (κ3) is 3.42. The van der Waals surface area contributed by atoms with E-state index in [0.717, 1.165) is 36.6 Å². The van der Waals surface area contributed by atoms with Gasteiger partial charge in [-0.1, -0.05) is 12.1 Å². The first-order valence-electron chi connectivity index (χ1n) is 5.92. The van der Waals surface area contributed by atoms with Gasteiger partial charge < -0.3 is 10.5 Å². The van der Waals surface area contributed by atoms with E-state index < -0.39 is 0 Å². The highest BCUT2D eigenvalue weighted by molar-refractivity contribution is 8.00. The zero-order chi connectivity index (χ0) is 11.2. The van der Waals surface area contributed by atoms with Crippen LogP contribution in [0.15, 0.2) is 24.3 Å². The number of benzene rings is 1. The Morgan fingerprint density at radius 2 is 2.19 bits per heavy atom. The molecule has 1 aromatic rings. The van der Waals surface area contributed by atoms with Crippen LogP contribution in [0, 0.1) is 0 Å². The van der Waals surface area contributed by atoms with Crippen molar-refractivity contribution in [2.75, 3.05) is 18.1 Å². The van der Waals surface area contributed by atoms with Gasteiger partial charge >= 0.3 is 0 Å². The molecular weight excluding hydrogens is 218 g/mol. The summed E-state index contributed by atoms with van der Waals surface area (Å²) < 4.78 is 5.85. The molecule has 1 heterocycles. The van der Waals surface area contributed by atoms with Crippen LogP contribution in [0.25, 0.3) is 0 Å². The van der Waals surface area contributed by atoms with E-state index >= 15 is 0 Å². The standard InChI is InChI=1S/C13H19NOS/c14-7-2-1-4-11-5-3-6-12(8-11)15-13-9-16-10-13/h3,5-6,8,13H,1-2,4,7,9-10,14H2. The summed E-state index contributed by atoms with van der Waals surface area (Å²) in [6.45, 7) is 0.787. The van der Waals surface area contributed by atoms with Crippen molar-refractivity contribution in [1.82, 2.24) is 0 Å². The molecule has 2 N–H and O–H groups in total. The number of aryl methyl sites for hydroxylation is 1. The Morgan fingerprint density at radius 3 is 2.88 bits per heavy atom. The molecule has 1 fully saturated rings. The smallest absolute Gasteiger partial charge is 0.120 e. The van der Waals surface area contributed by atoms with Crippen LogP contribution < -0.4 is 10.5 Å². The van der Waals surface area contributed by atoms with Crippen LogP contribution in [0.1, 0.15) is 18.4 Å². The van der Waals surface area contributed by atoms with Crippen molar-refractivity contribution >= 4 is 11.8 Å². The average molecular weight is 237 g/mol. The molecule has 0 unspecified atom stereocenters. The highest BCUT2D eigenvalue weighted by Crippen LogP contribution is 2.24. The molecule has 0 aliphatic carbocycles. The fraction of sp³-hybridized carbons (Fsp3) is 0.538. The van der Waals surface area contributed by atoms with E-state index in [2.05, 4.69) is 24.3 Å². The molecule has 1 aromatic carbocycles. The lowest BCUT2D eigenvalue weighted by molar-refractivity contribution is 0.240. The molecular formula is C13H19NOS. The highest BCUT2D eigenvalue weighted by Gasteiger charge is 2.19. The molecule has 16 heavy (non-hydrogen) atoms. The van der Waals surface area contributed by atoms with Gasteiger partial charge in [0.25, 0.3) is 0 Å². The first-order valence-corrected chi connectivity index (χ1v) is 7.07. The van der Waals surface area contributed by atoms with E-state index in [1.165, 1.54) is 12.0 Å². The minimum atomic E-state index is 0.435. The molecule has 0 spiro atoms. The second-order valence-electron chi connectivity index (χ2n) is 4.17. The van der Waals surface area contributed by atoms with E-state index in [1.807, 2.05) is 11.8 Å². The number of thioether (sulfide) groups is 1. The maximum Gasteiger partial charge on any atom is 0.120 e. The molecule has 0 saturated carbocycles. The van der Waals surface area contributed by atoms with Crippen molar-refractivity contribution in [1.29, 1.82) is 0 Å². The molecule has 0 radical (unpaired) electrons.